The van der Waals surface area contributed by atoms with E-state index in [9.17, 15) is 5.11 Å². The number of hydrogen-bond acceptors (Lipinski definition) is 2. The number of benzene rings is 1. The van der Waals surface area contributed by atoms with Crippen LogP contribution in [-0.4, -0.2) is 27.4 Å². The SMILES string of the molecule is O[C@@H]1C=C2CCN(I)C[C@@]2(Cc2ccccc2)CC1. The lowest BCUT2D eigenvalue weighted by Crippen LogP contribution is -2.44. The average molecular weight is 369 g/mol. The summed E-state index contributed by atoms with van der Waals surface area (Å²) in [6.07, 6.45) is 6.13. The molecule has 2 nitrogen and oxygen atoms in total. The van der Waals surface area contributed by atoms with Gasteiger partial charge in [0.1, 0.15) is 0 Å². The Labute approximate surface area is 129 Å². The molecule has 1 saturated heterocycles. The van der Waals surface area contributed by atoms with Crippen molar-refractivity contribution in [2.75, 3.05) is 13.1 Å². The maximum Gasteiger partial charge on any atom is 0.0724 e. The zero-order valence-corrected chi connectivity index (χ0v) is 13.2. The third kappa shape index (κ3) is 2.88. The van der Waals surface area contributed by atoms with Gasteiger partial charge in [0, 0.05) is 41.4 Å². The van der Waals surface area contributed by atoms with Crippen molar-refractivity contribution in [3.63, 3.8) is 0 Å². The Hall–Kier alpha value is -0.390. The molecular weight excluding hydrogens is 349 g/mol. The summed E-state index contributed by atoms with van der Waals surface area (Å²) in [7, 11) is 0. The number of piperidine rings is 1. The van der Waals surface area contributed by atoms with Crippen LogP contribution in [0.15, 0.2) is 42.0 Å². The average Bonchev–Trinajstić information content (AvgIpc) is 2.41. The van der Waals surface area contributed by atoms with Crippen LogP contribution in [0.4, 0.5) is 0 Å². The van der Waals surface area contributed by atoms with E-state index in [0.29, 0.717) is 0 Å². The Balaban J connectivity index is 1.91. The maximum atomic E-state index is 9.90. The van der Waals surface area contributed by atoms with Gasteiger partial charge < -0.3 is 5.11 Å². The number of aliphatic hydroxyl groups excluding tert-OH is 1. The van der Waals surface area contributed by atoms with Crippen molar-refractivity contribution in [2.45, 2.75) is 31.8 Å². The highest BCUT2D eigenvalue weighted by molar-refractivity contribution is 14.1. The van der Waals surface area contributed by atoms with Crippen LogP contribution in [0.25, 0.3) is 0 Å². The summed E-state index contributed by atoms with van der Waals surface area (Å²) < 4.78 is 2.41. The highest BCUT2D eigenvalue weighted by atomic mass is 127. The van der Waals surface area contributed by atoms with Gasteiger partial charge in [0.05, 0.1) is 6.10 Å². The molecule has 0 saturated carbocycles. The van der Waals surface area contributed by atoms with Crippen molar-refractivity contribution >= 4 is 22.9 Å². The van der Waals surface area contributed by atoms with Crippen molar-refractivity contribution in [1.82, 2.24) is 3.11 Å². The molecule has 0 aromatic heterocycles. The lowest BCUT2D eigenvalue weighted by Gasteiger charge is -2.46. The molecule has 0 unspecified atom stereocenters. The fraction of sp³-hybridized carbons (Fsp3) is 0.500. The van der Waals surface area contributed by atoms with Gasteiger partial charge in [-0.15, -0.1) is 0 Å². The van der Waals surface area contributed by atoms with E-state index in [-0.39, 0.29) is 11.5 Å². The van der Waals surface area contributed by atoms with Crippen LogP contribution in [0.1, 0.15) is 24.8 Å². The van der Waals surface area contributed by atoms with E-state index in [0.717, 1.165) is 38.8 Å². The topological polar surface area (TPSA) is 23.5 Å². The predicted molar refractivity (Wildman–Crippen MR) is 86.1 cm³/mol. The third-order valence-electron chi connectivity index (χ3n) is 4.48. The van der Waals surface area contributed by atoms with E-state index in [1.54, 1.807) is 0 Å². The monoisotopic (exact) mass is 369 g/mol. The normalized spacial score (nSPS) is 31.7. The number of rotatable bonds is 2. The third-order valence-corrected chi connectivity index (χ3v) is 5.30. The first-order valence-electron chi connectivity index (χ1n) is 7.02. The Morgan fingerprint density at radius 1 is 1.32 bits per heavy atom. The lowest BCUT2D eigenvalue weighted by atomic mass is 9.66. The van der Waals surface area contributed by atoms with Crippen LogP contribution in [0.5, 0.6) is 0 Å². The first kappa shape index (κ1) is 13.6. The molecule has 1 fully saturated rings. The van der Waals surface area contributed by atoms with Crippen LogP contribution in [0, 0.1) is 5.41 Å². The van der Waals surface area contributed by atoms with E-state index in [1.165, 1.54) is 11.1 Å². The highest BCUT2D eigenvalue weighted by Gasteiger charge is 2.41. The molecule has 1 aromatic carbocycles. The van der Waals surface area contributed by atoms with Crippen molar-refractivity contribution in [2.24, 2.45) is 5.41 Å². The van der Waals surface area contributed by atoms with Crippen LogP contribution in [-0.2, 0) is 6.42 Å². The van der Waals surface area contributed by atoms with Crippen molar-refractivity contribution in [3.8, 4) is 0 Å². The van der Waals surface area contributed by atoms with Gasteiger partial charge in [0.15, 0.2) is 0 Å². The molecule has 0 radical (unpaired) electrons. The number of hydrogen-bond donors (Lipinski definition) is 1. The predicted octanol–water partition coefficient (Wildman–Crippen LogP) is 3.35. The fourth-order valence-electron chi connectivity index (χ4n) is 3.50. The van der Waals surface area contributed by atoms with Crippen molar-refractivity contribution < 1.29 is 5.11 Å². The molecular formula is C16H20INO. The van der Waals surface area contributed by atoms with Crippen molar-refractivity contribution in [3.05, 3.63) is 47.5 Å². The summed E-state index contributed by atoms with van der Waals surface area (Å²) in [5.41, 5.74) is 3.15. The van der Waals surface area contributed by atoms with E-state index >= 15 is 0 Å². The summed E-state index contributed by atoms with van der Waals surface area (Å²) in [4.78, 5) is 0. The maximum absolute atomic E-state index is 9.90. The van der Waals surface area contributed by atoms with Crippen molar-refractivity contribution in [1.29, 1.82) is 0 Å². The summed E-state index contributed by atoms with van der Waals surface area (Å²) in [5, 5.41) is 9.90. The van der Waals surface area contributed by atoms with Gasteiger partial charge in [0.2, 0.25) is 0 Å². The van der Waals surface area contributed by atoms with Crippen LogP contribution in [0.3, 0.4) is 0 Å². The minimum atomic E-state index is -0.223. The Morgan fingerprint density at radius 3 is 2.89 bits per heavy atom. The Kier molecular flexibility index (Phi) is 3.96. The van der Waals surface area contributed by atoms with Crippen LogP contribution >= 0.6 is 22.9 Å². The minimum Gasteiger partial charge on any atom is -0.389 e. The summed E-state index contributed by atoms with van der Waals surface area (Å²) >= 11 is 2.45. The van der Waals surface area contributed by atoms with Gasteiger partial charge in [-0.1, -0.05) is 42.0 Å². The lowest BCUT2D eigenvalue weighted by molar-refractivity contribution is 0.134. The highest BCUT2D eigenvalue weighted by Crippen LogP contribution is 2.46. The fourth-order valence-corrected chi connectivity index (χ4v) is 4.39. The minimum absolute atomic E-state index is 0.223. The van der Waals surface area contributed by atoms with Gasteiger partial charge in [-0.3, -0.25) is 0 Å². The zero-order chi connectivity index (χ0) is 13.3. The van der Waals surface area contributed by atoms with Gasteiger partial charge in [0.25, 0.3) is 0 Å². The largest absolute Gasteiger partial charge is 0.389 e. The molecule has 2 atom stereocenters. The van der Waals surface area contributed by atoms with E-state index in [4.69, 9.17) is 0 Å². The second-order valence-corrected chi connectivity index (χ2v) is 7.20. The number of nitrogens with zero attached hydrogens (tertiary/aromatic N) is 1. The van der Waals surface area contributed by atoms with E-state index in [2.05, 4.69) is 62.4 Å². The molecule has 2 aliphatic rings. The van der Waals surface area contributed by atoms with Crippen LogP contribution < -0.4 is 0 Å². The molecule has 1 heterocycles. The van der Waals surface area contributed by atoms with E-state index < -0.39 is 0 Å². The smallest absolute Gasteiger partial charge is 0.0724 e. The first-order chi connectivity index (χ1) is 9.18. The molecule has 1 aliphatic carbocycles. The second kappa shape index (κ2) is 5.54. The molecule has 3 rings (SSSR count). The van der Waals surface area contributed by atoms with Gasteiger partial charge in [-0.05, 0) is 31.2 Å². The molecule has 3 heteroatoms. The zero-order valence-electron chi connectivity index (χ0n) is 11.1. The standard InChI is InChI=1S/C16H20INO/c17-18-9-7-14-10-15(19)6-8-16(14,12-18)11-13-4-2-1-3-5-13/h1-5,10,15,19H,6-9,11-12H2/t15-,16-/m0/s1. The summed E-state index contributed by atoms with van der Waals surface area (Å²) in [6.45, 7) is 2.22. The number of halogens is 1. The van der Waals surface area contributed by atoms with Gasteiger partial charge in [-0.2, -0.15) is 0 Å². The molecule has 102 valence electrons. The summed E-state index contributed by atoms with van der Waals surface area (Å²) in [6, 6.07) is 10.8. The number of fused-ring (bicyclic) bond motifs is 1. The van der Waals surface area contributed by atoms with Gasteiger partial charge >= 0.3 is 0 Å². The Morgan fingerprint density at radius 2 is 2.11 bits per heavy atom. The molecule has 19 heavy (non-hydrogen) atoms. The molecule has 0 bridgehead atoms. The quantitative estimate of drug-likeness (QED) is 0.491. The second-order valence-electron chi connectivity index (χ2n) is 5.84. The van der Waals surface area contributed by atoms with Gasteiger partial charge in [-0.25, -0.2) is 3.11 Å². The molecule has 1 N–H and O–H groups in total. The number of aliphatic hydroxyl groups is 1. The molecule has 1 aromatic rings. The summed E-state index contributed by atoms with van der Waals surface area (Å²) in [5.74, 6) is 0. The molecule has 0 amide bonds. The molecule has 0 spiro atoms. The van der Waals surface area contributed by atoms with Crippen LogP contribution in [0.2, 0.25) is 0 Å². The van der Waals surface area contributed by atoms with E-state index in [1.807, 2.05) is 0 Å². The first-order valence-corrected chi connectivity index (χ1v) is 7.98. The Bertz CT molecular complexity index is 473. The molecule has 1 aliphatic heterocycles.